The van der Waals surface area contributed by atoms with Crippen LogP contribution in [-0.4, -0.2) is 22.7 Å². The van der Waals surface area contributed by atoms with E-state index >= 15 is 0 Å². The SMILES string of the molecule is CC(C)N(C(C)C)C1(C(C)(C)C)OC(c2ccccc2)OC1c1ccccc1. The number of benzene rings is 2. The Morgan fingerprint density at radius 1 is 0.786 bits per heavy atom. The van der Waals surface area contributed by atoms with Crippen LogP contribution in [0.4, 0.5) is 0 Å². The fraction of sp³-hybridized carbons (Fsp3) is 0.520. The van der Waals surface area contributed by atoms with E-state index in [-0.39, 0.29) is 11.5 Å². The molecule has 3 rings (SSSR count). The summed E-state index contributed by atoms with van der Waals surface area (Å²) in [7, 11) is 0. The average molecular weight is 382 g/mol. The topological polar surface area (TPSA) is 21.7 Å². The highest BCUT2D eigenvalue weighted by Crippen LogP contribution is 2.57. The van der Waals surface area contributed by atoms with E-state index in [1.54, 1.807) is 0 Å². The van der Waals surface area contributed by atoms with Crippen molar-refractivity contribution in [3.63, 3.8) is 0 Å². The summed E-state index contributed by atoms with van der Waals surface area (Å²) in [5.41, 5.74) is 1.44. The van der Waals surface area contributed by atoms with Crippen LogP contribution in [0.15, 0.2) is 60.7 Å². The molecule has 0 spiro atoms. The summed E-state index contributed by atoms with van der Waals surface area (Å²) < 4.78 is 13.6. The summed E-state index contributed by atoms with van der Waals surface area (Å²) in [4.78, 5) is 2.49. The van der Waals surface area contributed by atoms with Crippen LogP contribution in [0, 0.1) is 5.41 Å². The first-order valence-corrected chi connectivity index (χ1v) is 10.4. The lowest BCUT2D eigenvalue weighted by molar-refractivity contribution is -0.234. The number of ether oxygens (including phenoxy) is 2. The Bertz CT molecular complexity index is 743. The third-order valence-electron chi connectivity index (χ3n) is 5.65. The average Bonchev–Trinajstić information content (AvgIpc) is 3.04. The molecule has 1 fully saturated rings. The molecule has 0 aromatic heterocycles. The van der Waals surface area contributed by atoms with Gasteiger partial charge in [0.05, 0.1) is 0 Å². The van der Waals surface area contributed by atoms with Crippen LogP contribution in [-0.2, 0) is 9.47 Å². The molecular weight excluding hydrogens is 346 g/mol. The normalized spacial score (nSPS) is 25.8. The van der Waals surface area contributed by atoms with E-state index in [0.29, 0.717) is 12.1 Å². The molecule has 0 aliphatic carbocycles. The molecule has 0 saturated carbocycles. The van der Waals surface area contributed by atoms with Gasteiger partial charge in [-0.25, -0.2) is 0 Å². The summed E-state index contributed by atoms with van der Waals surface area (Å²) in [6.07, 6.45) is -0.589. The van der Waals surface area contributed by atoms with Crippen molar-refractivity contribution in [1.29, 1.82) is 0 Å². The molecule has 3 heteroatoms. The molecule has 0 radical (unpaired) electrons. The molecule has 3 nitrogen and oxygen atoms in total. The Balaban J connectivity index is 2.19. The lowest BCUT2D eigenvalue weighted by atomic mass is 9.75. The fourth-order valence-electron chi connectivity index (χ4n) is 4.67. The van der Waals surface area contributed by atoms with Gasteiger partial charge in [0.25, 0.3) is 0 Å². The molecule has 1 aliphatic heterocycles. The van der Waals surface area contributed by atoms with E-state index < -0.39 is 12.0 Å². The largest absolute Gasteiger partial charge is 0.336 e. The van der Waals surface area contributed by atoms with Gasteiger partial charge in [0.1, 0.15) is 6.10 Å². The molecule has 2 aromatic rings. The fourth-order valence-corrected chi connectivity index (χ4v) is 4.67. The zero-order valence-corrected chi connectivity index (χ0v) is 18.3. The summed E-state index contributed by atoms with van der Waals surface area (Å²) in [5.74, 6) is 0. The second kappa shape index (κ2) is 7.98. The highest BCUT2D eigenvalue weighted by Gasteiger charge is 2.62. The smallest absolute Gasteiger partial charge is 0.187 e. The van der Waals surface area contributed by atoms with Gasteiger partial charge >= 0.3 is 0 Å². The second-order valence-corrected chi connectivity index (χ2v) is 9.33. The Kier molecular flexibility index (Phi) is 6.00. The highest BCUT2D eigenvalue weighted by atomic mass is 16.8. The van der Waals surface area contributed by atoms with E-state index in [2.05, 4.69) is 95.8 Å². The highest BCUT2D eigenvalue weighted by molar-refractivity contribution is 5.26. The molecule has 3 atom stereocenters. The molecule has 0 amide bonds. The van der Waals surface area contributed by atoms with Crippen LogP contribution in [0.3, 0.4) is 0 Å². The lowest BCUT2D eigenvalue weighted by Crippen LogP contribution is -2.64. The van der Waals surface area contributed by atoms with Gasteiger partial charge in [-0.15, -0.1) is 0 Å². The van der Waals surface area contributed by atoms with Crippen LogP contribution >= 0.6 is 0 Å². The first kappa shape index (κ1) is 21.0. The summed E-state index contributed by atoms with van der Waals surface area (Å²) >= 11 is 0. The molecule has 28 heavy (non-hydrogen) atoms. The third-order valence-corrected chi connectivity index (χ3v) is 5.65. The van der Waals surface area contributed by atoms with E-state index in [1.165, 1.54) is 0 Å². The summed E-state index contributed by atoms with van der Waals surface area (Å²) in [5, 5.41) is 0. The number of hydrogen-bond donors (Lipinski definition) is 0. The van der Waals surface area contributed by atoms with Crippen molar-refractivity contribution >= 4 is 0 Å². The maximum atomic E-state index is 6.96. The number of hydrogen-bond acceptors (Lipinski definition) is 3. The van der Waals surface area contributed by atoms with Crippen molar-refractivity contribution in [3.8, 4) is 0 Å². The summed E-state index contributed by atoms with van der Waals surface area (Å²) in [6.45, 7) is 15.8. The minimum atomic E-state index is -0.600. The van der Waals surface area contributed by atoms with Gasteiger partial charge in [0, 0.05) is 23.1 Å². The Labute approximate surface area is 170 Å². The van der Waals surface area contributed by atoms with Crippen LogP contribution in [0.5, 0.6) is 0 Å². The zero-order valence-electron chi connectivity index (χ0n) is 18.3. The molecule has 2 aromatic carbocycles. The van der Waals surface area contributed by atoms with Crippen molar-refractivity contribution in [2.75, 3.05) is 0 Å². The van der Waals surface area contributed by atoms with Gasteiger partial charge in [-0.05, 0) is 33.3 Å². The maximum Gasteiger partial charge on any atom is 0.187 e. The van der Waals surface area contributed by atoms with Crippen molar-refractivity contribution in [1.82, 2.24) is 4.90 Å². The van der Waals surface area contributed by atoms with Crippen LogP contribution < -0.4 is 0 Å². The predicted octanol–water partition coefficient (Wildman–Crippen LogP) is 6.33. The summed E-state index contributed by atoms with van der Waals surface area (Å²) in [6, 6.07) is 21.4. The van der Waals surface area contributed by atoms with Crippen molar-refractivity contribution in [3.05, 3.63) is 71.8 Å². The second-order valence-electron chi connectivity index (χ2n) is 9.33. The quantitative estimate of drug-likeness (QED) is 0.603. The van der Waals surface area contributed by atoms with Gasteiger partial charge in [-0.3, -0.25) is 4.90 Å². The molecule has 1 aliphatic rings. The Hall–Kier alpha value is -1.68. The van der Waals surface area contributed by atoms with Crippen LogP contribution in [0.1, 0.15) is 72.0 Å². The van der Waals surface area contributed by atoms with Gasteiger partial charge in [-0.2, -0.15) is 0 Å². The molecule has 0 bridgehead atoms. The Morgan fingerprint density at radius 2 is 1.25 bits per heavy atom. The van der Waals surface area contributed by atoms with Gasteiger partial charge < -0.3 is 9.47 Å². The monoisotopic (exact) mass is 381 g/mol. The molecule has 1 saturated heterocycles. The number of rotatable bonds is 5. The molecule has 0 N–H and O–H groups in total. The minimum Gasteiger partial charge on any atom is -0.336 e. The predicted molar refractivity (Wildman–Crippen MR) is 115 cm³/mol. The Morgan fingerprint density at radius 3 is 1.68 bits per heavy atom. The van der Waals surface area contributed by atoms with Crippen LogP contribution in [0.25, 0.3) is 0 Å². The van der Waals surface area contributed by atoms with E-state index in [9.17, 15) is 0 Å². The van der Waals surface area contributed by atoms with Crippen molar-refractivity contribution < 1.29 is 9.47 Å². The lowest BCUT2D eigenvalue weighted by Gasteiger charge is -2.54. The molecular formula is C25H35NO2. The molecule has 3 unspecified atom stereocenters. The molecule has 152 valence electrons. The zero-order chi connectivity index (χ0) is 20.5. The molecule has 1 heterocycles. The van der Waals surface area contributed by atoms with E-state index in [4.69, 9.17) is 9.47 Å². The minimum absolute atomic E-state index is 0.175. The third kappa shape index (κ3) is 3.63. The maximum absolute atomic E-state index is 6.96. The van der Waals surface area contributed by atoms with Gasteiger partial charge in [-0.1, -0.05) is 81.4 Å². The van der Waals surface area contributed by atoms with Gasteiger partial charge in [0.2, 0.25) is 0 Å². The van der Waals surface area contributed by atoms with Crippen molar-refractivity contribution in [2.45, 2.75) is 78.7 Å². The van der Waals surface area contributed by atoms with E-state index in [0.717, 1.165) is 11.1 Å². The first-order chi connectivity index (χ1) is 13.2. The van der Waals surface area contributed by atoms with E-state index in [1.807, 2.05) is 18.2 Å². The number of nitrogens with zero attached hydrogens (tertiary/aromatic N) is 1. The first-order valence-electron chi connectivity index (χ1n) is 10.4. The van der Waals surface area contributed by atoms with Crippen LogP contribution in [0.2, 0.25) is 0 Å². The van der Waals surface area contributed by atoms with Gasteiger partial charge in [0.15, 0.2) is 12.0 Å². The standard InChI is InChI=1S/C25H35NO2/c1-18(2)26(19(3)4)25(24(5,6)7)22(20-14-10-8-11-15-20)27-23(28-25)21-16-12-9-13-17-21/h8-19,22-23H,1-7H3. The van der Waals surface area contributed by atoms with Crippen molar-refractivity contribution in [2.24, 2.45) is 5.41 Å².